The van der Waals surface area contributed by atoms with Crippen LogP contribution in [0, 0.1) is 10.1 Å². The summed E-state index contributed by atoms with van der Waals surface area (Å²) in [7, 11) is 0. The molecule has 25 heavy (non-hydrogen) atoms. The number of nitro benzene ring substituents is 1. The van der Waals surface area contributed by atoms with Crippen molar-refractivity contribution in [1.82, 2.24) is 21.0 Å². The number of thioether (sulfide) groups is 1. The van der Waals surface area contributed by atoms with Crippen LogP contribution >= 0.6 is 23.1 Å². The summed E-state index contributed by atoms with van der Waals surface area (Å²) in [5.74, 6) is -1.05. The van der Waals surface area contributed by atoms with Gasteiger partial charge >= 0.3 is 0 Å². The molecule has 2 aromatic rings. The van der Waals surface area contributed by atoms with E-state index in [-0.39, 0.29) is 17.0 Å². The van der Waals surface area contributed by atoms with Crippen LogP contribution in [-0.4, -0.2) is 39.2 Å². The molecule has 0 radical (unpaired) electrons. The summed E-state index contributed by atoms with van der Waals surface area (Å²) in [6.45, 7) is 2.66. The summed E-state index contributed by atoms with van der Waals surface area (Å²) >= 11 is 2.50. The standard InChI is InChI=1S/C13H14N6O4S2/c1-2-14-12-17-18-13(25-12)24-7-10(20)15-16-11(21)8-4-3-5-9(6-8)19(22)23/h3-6H,2,7H2,1H3,(H,14,17)(H,15,20)(H,16,21). The smallest absolute Gasteiger partial charge is 0.270 e. The highest BCUT2D eigenvalue weighted by Crippen LogP contribution is 2.24. The fourth-order valence-corrected chi connectivity index (χ4v) is 3.23. The highest BCUT2D eigenvalue weighted by atomic mass is 32.2. The molecule has 0 saturated carbocycles. The maximum Gasteiger partial charge on any atom is 0.270 e. The first-order valence-electron chi connectivity index (χ1n) is 7.03. The largest absolute Gasteiger partial charge is 0.360 e. The van der Waals surface area contributed by atoms with Gasteiger partial charge in [0.2, 0.25) is 11.0 Å². The van der Waals surface area contributed by atoms with Gasteiger partial charge in [0.15, 0.2) is 4.34 Å². The molecule has 0 fully saturated rings. The van der Waals surface area contributed by atoms with Crippen molar-refractivity contribution < 1.29 is 14.5 Å². The van der Waals surface area contributed by atoms with Crippen LogP contribution in [0.5, 0.6) is 0 Å². The topological polar surface area (TPSA) is 139 Å². The van der Waals surface area contributed by atoms with E-state index >= 15 is 0 Å². The van der Waals surface area contributed by atoms with Crippen molar-refractivity contribution in [1.29, 1.82) is 0 Å². The summed E-state index contributed by atoms with van der Waals surface area (Å²) in [5, 5.41) is 22.2. The molecule has 10 nitrogen and oxygen atoms in total. The zero-order valence-electron chi connectivity index (χ0n) is 13.0. The zero-order valence-corrected chi connectivity index (χ0v) is 14.6. The second-order valence-electron chi connectivity index (χ2n) is 4.50. The van der Waals surface area contributed by atoms with Gasteiger partial charge in [-0.1, -0.05) is 29.2 Å². The lowest BCUT2D eigenvalue weighted by molar-refractivity contribution is -0.384. The van der Waals surface area contributed by atoms with Crippen LogP contribution in [0.4, 0.5) is 10.8 Å². The Morgan fingerprint density at radius 1 is 1.32 bits per heavy atom. The van der Waals surface area contributed by atoms with E-state index in [1.165, 1.54) is 41.3 Å². The average Bonchev–Trinajstić information content (AvgIpc) is 3.06. The quantitative estimate of drug-likeness (QED) is 0.371. The molecule has 0 atom stereocenters. The molecule has 0 saturated heterocycles. The van der Waals surface area contributed by atoms with Crippen LogP contribution in [0.2, 0.25) is 0 Å². The normalized spacial score (nSPS) is 10.1. The van der Waals surface area contributed by atoms with Crippen molar-refractivity contribution in [2.45, 2.75) is 11.3 Å². The number of hydrogen-bond donors (Lipinski definition) is 3. The molecule has 0 spiro atoms. The van der Waals surface area contributed by atoms with Crippen molar-refractivity contribution in [2.75, 3.05) is 17.6 Å². The first-order valence-corrected chi connectivity index (χ1v) is 8.83. The van der Waals surface area contributed by atoms with Crippen LogP contribution in [0.1, 0.15) is 17.3 Å². The van der Waals surface area contributed by atoms with Gasteiger partial charge in [0, 0.05) is 24.2 Å². The third-order valence-electron chi connectivity index (χ3n) is 2.70. The first kappa shape index (κ1) is 18.6. The van der Waals surface area contributed by atoms with Crippen LogP contribution in [-0.2, 0) is 4.79 Å². The zero-order chi connectivity index (χ0) is 18.2. The molecule has 0 aliphatic heterocycles. The molecule has 1 aromatic carbocycles. The number of carbonyl (C=O) groups excluding carboxylic acids is 2. The minimum absolute atomic E-state index is 0.0377. The number of nitrogens with one attached hydrogen (secondary N) is 3. The summed E-state index contributed by atoms with van der Waals surface area (Å²) in [4.78, 5) is 33.7. The second-order valence-corrected chi connectivity index (χ2v) is 6.70. The molecule has 0 bridgehead atoms. The molecule has 2 rings (SSSR count). The molecule has 2 amide bonds. The number of rotatable bonds is 7. The number of benzene rings is 1. The van der Waals surface area contributed by atoms with E-state index in [1.807, 2.05) is 6.92 Å². The molecular formula is C13H14N6O4S2. The van der Waals surface area contributed by atoms with Gasteiger partial charge in [-0.2, -0.15) is 0 Å². The van der Waals surface area contributed by atoms with Crippen molar-refractivity contribution in [3.63, 3.8) is 0 Å². The molecule has 12 heteroatoms. The molecule has 0 unspecified atom stereocenters. The molecule has 1 heterocycles. The summed E-state index contributed by atoms with van der Waals surface area (Å²) in [6, 6.07) is 5.20. The number of carbonyl (C=O) groups is 2. The van der Waals surface area contributed by atoms with E-state index in [2.05, 4.69) is 26.4 Å². The van der Waals surface area contributed by atoms with Crippen molar-refractivity contribution >= 4 is 45.7 Å². The number of hydrogen-bond acceptors (Lipinski definition) is 9. The minimum atomic E-state index is -0.646. The van der Waals surface area contributed by atoms with E-state index in [0.29, 0.717) is 9.47 Å². The Morgan fingerprint density at radius 3 is 2.84 bits per heavy atom. The molecule has 132 valence electrons. The fourth-order valence-electron chi connectivity index (χ4n) is 1.61. The Kier molecular flexibility index (Phi) is 6.65. The Bertz CT molecular complexity index is 781. The number of nitrogens with zero attached hydrogens (tertiary/aromatic N) is 3. The Hall–Kier alpha value is -2.73. The molecule has 0 aliphatic rings. The molecular weight excluding hydrogens is 368 g/mol. The van der Waals surface area contributed by atoms with Gasteiger partial charge in [0.05, 0.1) is 10.7 Å². The molecule has 1 aromatic heterocycles. The Morgan fingerprint density at radius 2 is 2.12 bits per heavy atom. The van der Waals surface area contributed by atoms with E-state index in [0.717, 1.165) is 12.6 Å². The third-order valence-corrected chi connectivity index (χ3v) is 4.71. The van der Waals surface area contributed by atoms with E-state index < -0.39 is 16.7 Å². The fraction of sp³-hybridized carbons (Fsp3) is 0.231. The van der Waals surface area contributed by atoms with Crippen molar-refractivity contribution in [2.24, 2.45) is 0 Å². The van der Waals surface area contributed by atoms with Gasteiger partial charge in [0.1, 0.15) is 0 Å². The minimum Gasteiger partial charge on any atom is -0.360 e. The summed E-state index contributed by atoms with van der Waals surface area (Å²) in [5.41, 5.74) is 4.32. The predicted molar refractivity (Wildman–Crippen MR) is 93.5 cm³/mol. The van der Waals surface area contributed by atoms with E-state index in [9.17, 15) is 19.7 Å². The lowest BCUT2D eigenvalue weighted by Crippen LogP contribution is -2.42. The number of amides is 2. The number of hydrazine groups is 1. The Balaban J connectivity index is 1.79. The first-order chi connectivity index (χ1) is 12.0. The average molecular weight is 382 g/mol. The maximum absolute atomic E-state index is 11.9. The molecule has 3 N–H and O–H groups in total. The van der Waals surface area contributed by atoms with Gasteiger partial charge in [-0.05, 0) is 13.0 Å². The van der Waals surface area contributed by atoms with Gasteiger partial charge in [0.25, 0.3) is 11.6 Å². The van der Waals surface area contributed by atoms with E-state index in [1.54, 1.807) is 0 Å². The second kappa shape index (κ2) is 8.94. The Labute approximate surface area is 150 Å². The highest BCUT2D eigenvalue weighted by Gasteiger charge is 2.13. The van der Waals surface area contributed by atoms with Crippen molar-refractivity contribution in [3.8, 4) is 0 Å². The van der Waals surface area contributed by atoms with Gasteiger partial charge in [-0.15, -0.1) is 10.2 Å². The number of anilines is 1. The van der Waals surface area contributed by atoms with Crippen LogP contribution in [0.15, 0.2) is 28.6 Å². The van der Waals surface area contributed by atoms with Crippen LogP contribution in [0.3, 0.4) is 0 Å². The van der Waals surface area contributed by atoms with Crippen LogP contribution in [0.25, 0.3) is 0 Å². The van der Waals surface area contributed by atoms with Gasteiger partial charge in [-0.3, -0.25) is 30.6 Å². The molecule has 0 aliphatic carbocycles. The summed E-state index contributed by atoms with van der Waals surface area (Å²) < 4.78 is 0.621. The predicted octanol–water partition coefficient (Wildman–Crippen LogP) is 1.43. The monoisotopic (exact) mass is 382 g/mol. The highest BCUT2D eigenvalue weighted by molar-refractivity contribution is 8.01. The van der Waals surface area contributed by atoms with Crippen LogP contribution < -0.4 is 16.2 Å². The van der Waals surface area contributed by atoms with Gasteiger partial charge in [-0.25, -0.2) is 0 Å². The number of aromatic nitrogens is 2. The maximum atomic E-state index is 11.9. The lowest BCUT2D eigenvalue weighted by atomic mass is 10.2. The summed E-state index contributed by atoms with van der Waals surface area (Å²) in [6.07, 6.45) is 0. The number of nitro groups is 1. The lowest BCUT2D eigenvalue weighted by Gasteiger charge is -2.06. The van der Waals surface area contributed by atoms with Crippen molar-refractivity contribution in [3.05, 3.63) is 39.9 Å². The van der Waals surface area contributed by atoms with E-state index in [4.69, 9.17) is 0 Å². The number of non-ortho nitro benzene ring substituents is 1. The third kappa shape index (κ3) is 5.69. The van der Waals surface area contributed by atoms with Gasteiger partial charge < -0.3 is 5.32 Å². The SMILES string of the molecule is CCNc1nnc(SCC(=O)NNC(=O)c2cccc([N+](=O)[O-])c2)s1.